The molecule has 1 rings (SSSR count). The van der Waals surface area contributed by atoms with Gasteiger partial charge in [0.05, 0.1) is 13.7 Å². The zero-order valence-corrected chi connectivity index (χ0v) is 12.3. The van der Waals surface area contributed by atoms with Crippen LogP contribution in [0.3, 0.4) is 0 Å². The highest BCUT2D eigenvalue weighted by molar-refractivity contribution is 5.28. The van der Waals surface area contributed by atoms with Crippen LogP contribution >= 0.6 is 0 Å². The molecule has 1 aromatic carbocycles. The molecular formula is C15H26N2O2. The fourth-order valence-corrected chi connectivity index (χ4v) is 1.85. The van der Waals surface area contributed by atoms with Crippen LogP contribution in [-0.2, 0) is 11.3 Å². The lowest BCUT2D eigenvalue weighted by molar-refractivity contribution is 0.148. The van der Waals surface area contributed by atoms with Gasteiger partial charge in [0, 0.05) is 32.8 Å². The summed E-state index contributed by atoms with van der Waals surface area (Å²) >= 11 is 0. The van der Waals surface area contributed by atoms with E-state index in [0.29, 0.717) is 0 Å². The number of nitrogens with zero attached hydrogens (tertiary/aromatic N) is 1. The Hall–Kier alpha value is -1.10. The van der Waals surface area contributed by atoms with Crippen molar-refractivity contribution in [3.63, 3.8) is 0 Å². The van der Waals surface area contributed by atoms with E-state index in [2.05, 4.69) is 29.4 Å². The average molecular weight is 266 g/mol. The molecule has 0 radical (unpaired) electrons. The van der Waals surface area contributed by atoms with Gasteiger partial charge in [-0.15, -0.1) is 0 Å². The third kappa shape index (κ3) is 7.15. The van der Waals surface area contributed by atoms with E-state index in [1.165, 1.54) is 5.56 Å². The Morgan fingerprint density at radius 1 is 1.26 bits per heavy atom. The van der Waals surface area contributed by atoms with Crippen molar-refractivity contribution in [2.24, 2.45) is 0 Å². The molecule has 0 amide bonds. The lowest BCUT2D eigenvalue weighted by Gasteiger charge is -2.17. The molecule has 0 saturated carbocycles. The van der Waals surface area contributed by atoms with E-state index >= 15 is 0 Å². The first-order valence-corrected chi connectivity index (χ1v) is 6.86. The Bertz CT molecular complexity index is 345. The average Bonchev–Trinajstić information content (AvgIpc) is 2.43. The van der Waals surface area contributed by atoms with Crippen LogP contribution in [0.25, 0.3) is 0 Å². The van der Waals surface area contributed by atoms with Crippen molar-refractivity contribution < 1.29 is 9.47 Å². The predicted octanol–water partition coefficient (Wildman–Crippen LogP) is 1.75. The summed E-state index contributed by atoms with van der Waals surface area (Å²) in [5.41, 5.74) is 1.27. The molecule has 4 heteroatoms. The van der Waals surface area contributed by atoms with Crippen molar-refractivity contribution in [1.29, 1.82) is 0 Å². The first-order valence-electron chi connectivity index (χ1n) is 6.86. The molecule has 0 aromatic heterocycles. The Balaban J connectivity index is 2.17. The number of benzene rings is 1. The quantitative estimate of drug-likeness (QED) is 0.654. The van der Waals surface area contributed by atoms with Crippen LogP contribution < -0.4 is 10.1 Å². The van der Waals surface area contributed by atoms with E-state index in [-0.39, 0.29) is 0 Å². The van der Waals surface area contributed by atoms with Crippen LogP contribution in [0.5, 0.6) is 5.75 Å². The zero-order chi connectivity index (χ0) is 13.9. The van der Waals surface area contributed by atoms with Crippen LogP contribution in [0.2, 0.25) is 0 Å². The number of ether oxygens (including phenoxy) is 2. The predicted molar refractivity (Wildman–Crippen MR) is 78.7 cm³/mol. The van der Waals surface area contributed by atoms with E-state index in [1.807, 2.05) is 19.1 Å². The maximum Gasteiger partial charge on any atom is 0.119 e. The highest BCUT2D eigenvalue weighted by Gasteiger charge is 2.01. The van der Waals surface area contributed by atoms with E-state index in [1.54, 1.807) is 7.11 Å². The third-order valence-corrected chi connectivity index (χ3v) is 2.88. The second-order valence-corrected chi connectivity index (χ2v) is 4.54. The van der Waals surface area contributed by atoms with Crippen LogP contribution in [0.15, 0.2) is 24.3 Å². The fourth-order valence-electron chi connectivity index (χ4n) is 1.85. The number of hydrogen-bond acceptors (Lipinski definition) is 4. The topological polar surface area (TPSA) is 33.7 Å². The van der Waals surface area contributed by atoms with E-state index in [0.717, 1.165) is 45.1 Å². The molecule has 19 heavy (non-hydrogen) atoms. The SMILES string of the molecule is CCOCCNCCN(C)Cc1cccc(OC)c1. The third-order valence-electron chi connectivity index (χ3n) is 2.88. The lowest BCUT2D eigenvalue weighted by Crippen LogP contribution is -2.30. The smallest absolute Gasteiger partial charge is 0.119 e. The van der Waals surface area contributed by atoms with Gasteiger partial charge in [0.1, 0.15) is 5.75 Å². The number of rotatable bonds is 10. The molecule has 0 aliphatic rings. The summed E-state index contributed by atoms with van der Waals surface area (Å²) in [6.45, 7) is 7.44. The Morgan fingerprint density at radius 2 is 2.11 bits per heavy atom. The molecular weight excluding hydrogens is 240 g/mol. The van der Waals surface area contributed by atoms with Gasteiger partial charge in [-0.1, -0.05) is 12.1 Å². The fraction of sp³-hybridized carbons (Fsp3) is 0.600. The molecule has 0 heterocycles. The molecule has 108 valence electrons. The number of methoxy groups -OCH3 is 1. The maximum absolute atomic E-state index is 5.27. The first-order chi connectivity index (χ1) is 9.26. The minimum atomic E-state index is 0.788. The molecule has 0 aliphatic heterocycles. The molecule has 0 fully saturated rings. The highest BCUT2D eigenvalue weighted by atomic mass is 16.5. The molecule has 0 unspecified atom stereocenters. The van der Waals surface area contributed by atoms with Crippen molar-refractivity contribution in [3.05, 3.63) is 29.8 Å². The van der Waals surface area contributed by atoms with Crippen molar-refractivity contribution in [1.82, 2.24) is 10.2 Å². The summed E-state index contributed by atoms with van der Waals surface area (Å²) in [5, 5.41) is 3.37. The first kappa shape index (κ1) is 16.0. The largest absolute Gasteiger partial charge is 0.497 e. The van der Waals surface area contributed by atoms with Crippen molar-refractivity contribution in [3.8, 4) is 5.75 Å². The number of hydrogen-bond donors (Lipinski definition) is 1. The zero-order valence-electron chi connectivity index (χ0n) is 12.3. The molecule has 0 spiro atoms. The minimum absolute atomic E-state index is 0.788. The van der Waals surface area contributed by atoms with Gasteiger partial charge in [-0.05, 0) is 31.7 Å². The standard InChI is InChI=1S/C15H26N2O2/c1-4-19-11-9-16-8-10-17(2)13-14-6-5-7-15(12-14)18-3/h5-7,12,16H,4,8-11,13H2,1-3H3. The van der Waals surface area contributed by atoms with Gasteiger partial charge in [-0.3, -0.25) is 0 Å². The van der Waals surface area contributed by atoms with Crippen molar-refractivity contribution in [2.45, 2.75) is 13.5 Å². The van der Waals surface area contributed by atoms with E-state index in [4.69, 9.17) is 9.47 Å². The van der Waals surface area contributed by atoms with Gasteiger partial charge < -0.3 is 19.7 Å². The van der Waals surface area contributed by atoms with Crippen LogP contribution in [0.4, 0.5) is 0 Å². The second-order valence-electron chi connectivity index (χ2n) is 4.54. The van der Waals surface area contributed by atoms with Gasteiger partial charge >= 0.3 is 0 Å². The summed E-state index contributed by atoms with van der Waals surface area (Å²) in [6.07, 6.45) is 0. The summed E-state index contributed by atoms with van der Waals surface area (Å²) < 4.78 is 10.5. The molecule has 0 saturated heterocycles. The van der Waals surface area contributed by atoms with E-state index in [9.17, 15) is 0 Å². The molecule has 1 N–H and O–H groups in total. The molecule has 0 bridgehead atoms. The van der Waals surface area contributed by atoms with Crippen LogP contribution in [0, 0.1) is 0 Å². The van der Waals surface area contributed by atoms with Gasteiger partial charge in [0.25, 0.3) is 0 Å². The second kappa shape index (κ2) is 9.78. The summed E-state index contributed by atoms with van der Waals surface area (Å²) in [5.74, 6) is 0.917. The van der Waals surface area contributed by atoms with Crippen molar-refractivity contribution >= 4 is 0 Å². The molecule has 1 aromatic rings. The van der Waals surface area contributed by atoms with Crippen LogP contribution in [0.1, 0.15) is 12.5 Å². The van der Waals surface area contributed by atoms with Gasteiger partial charge in [0.2, 0.25) is 0 Å². The summed E-state index contributed by atoms with van der Waals surface area (Å²) in [7, 11) is 3.83. The molecule has 0 aliphatic carbocycles. The number of likely N-dealkylation sites (N-methyl/N-ethyl adjacent to an activating group) is 1. The molecule has 0 atom stereocenters. The van der Waals surface area contributed by atoms with Gasteiger partial charge in [-0.25, -0.2) is 0 Å². The minimum Gasteiger partial charge on any atom is -0.497 e. The Morgan fingerprint density at radius 3 is 2.84 bits per heavy atom. The Labute approximate surface area is 116 Å². The van der Waals surface area contributed by atoms with Gasteiger partial charge in [-0.2, -0.15) is 0 Å². The monoisotopic (exact) mass is 266 g/mol. The normalized spacial score (nSPS) is 10.9. The number of nitrogens with one attached hydrogen (secondary N) is 1. The summed E-state index contributed by atoms with van der Waals surface area (Å²) in [4.78, 5) is 2.29. The van der Waals surface area contributed by atoms with Gasteiger partial charge in [0.15, 0.2) is 0 Å². The maximum atomic E-state index is 5.27. The van der Waals surface area contributed by atoms with E-state index < -0.39 is 0 Å². The highest BCUT2D eigenvalue weighted by Crippen LogP contribution is 2.13. The molecule has 4 nitrogen and oxygen atoms in total. The van der Waals surface area contributed by atoms with Crippen molar-refractivity contribution in [2.75, 3.05) is 47.0 Å². The van der Waals surface area contributed by atoms with Crippen LogP contribution in [-0.4, -0.2) is 51.9 Å². The Kier molecular flexibility index (Phi) is 8.21. The lowest BCUT2D eigenvalue weighted by atomic mass is 10.2. The summed E-state index contributed by atoms with van der Waals surface area (Å²) in [6, 6.07) is 8.21.